The van der Waals surface area contributed by atoms with Gasteiger partial charge in [-0.15, -0.1) is 11.3 Å². The number of benzene rings is 2. The van der Waals surface area contributed by atoms with Crippen LogP contribution in [0.15, 0.2) is 60.0 Å². The van der Waals surface area contributed by atoms with Gasteiger partial charge in [0.2, 0.25) is 0 Å². The van der Waals surface area contributed by atoms with Crippen LogP contribution < -0.4 is 10.1 Å². The fourth-order valence-corrected chi connectivity index (χ4v) is 4.91. The van der Waals surface area contributed by atoms with Gasteiger partial charge in [0.1, 0.15) is 22.2 Å². The van der Waals surface area contributed by atoms with Crippen molar-refractivity contribution in [3.8, 4) is 16.9 Å². The van der Waals surface area contributed by atoms with Gasteiger partial charge in [-0.3, -0.25) is 4.90 Å². The Kier molecular flexibility index (Phi) is 6.94. The zero-order valence-electron chi connectivity index (χ0n) is 18.4. The SMILES string of the molecule is FC(F)Oc1ccc(CNc2nc(CN3CCOCC3)nc3scc(-c4ccccc4)c23)cc1. The molecule has 34 heavy (non-hydrogen) atoms. The van der Waals surface area contributed by atoms with Crippen molar-refractivity contribution < 1.29 is 18.3 Å². The van der Waals surface area contributed by atoms with E-state index in [1.807, 2.05) is 18.2 Å². The summed E-state index contributed by atoms with van der Waals surface area (Å²) in [5.74, 6) is 1.67. The molecule has 9 heteroatoms. The molecule has 4 aromatic rings. The molecule has 0 atom stereocenters. The Morgan fingerprint density at radius 2 is 1.79 bits per heavy atom. The van der Waals surface area contributed by atoms with Crippen LogP contribution in [0.4, 0.5) is 14.6 Å². The van der Waals surface area contributed by atoms with Crippen LogP contribution in [0.1, 0.15) is 11.4 Å². The number of anilines is 1. The summed E-state index contributed by atoms with van der Waals surface area (Å²) in [5.41, 5.74) is 3.12. The van der Waals surface area contributed by atoms with Gasteiger partial charge in [0.15, 0.2) is 0 Å². The van der Waals surface area contributed by atoms with Crippen molar-refractivity contribution in [3.63, 3.8) is 0 Å². The van der Waals surface area contributed by atoms with Crippen LogP contribution in [-0.4, -0.2) is 47.8 Å². The second kappa shape index (κ2) is 10.4. The highest BCUT2D eigenvalue weighted by atomic mass is 32.1. The van der Waals surface area contributed by atoms with Crippen LogP contribution in [0.2, 0.25) is 0 Å². The van der Waals surface area contributed by atoms with Crippen molar-refractivity contribution in [3.05, 3.63) is 71.4 Å². The van der Waals surface area contributed by atoms with Crippen LogP contribution in [0.5, 0.6) is 5.75 Å². The number of nitrogens with one attached hydrogen (secondary N) is 1. The highest BCUT2D eigenvalue weighted by Gasteiger charge is 2.18. The van der Waals surface area contributed by atoms with E-state index >= 15 is 0 Å². The highest BCUT2D eigenvalue weighted by Crippen LogP contribution is 2.37. The number of nitrogens with zero attached hydrogens (tertiary/aromatic N) is 3. The molecule has 0 radical (unpaired) electrons. The smallest absolute Gasteiger partial charge is 0.387 e. The van der Waals surface area contributed by atoms with E-state index in [9.17, 15) is 8.78 Å². The number of fused-ring (bicyclic) bond motifs is 1. The molecule has 1 N–H and O–H groups in total. The van der Waals surface area contributed by atoms with Gasteiger partial charge in [0, 0.05) is 30.6 Å². The third-order valence-corrected chi connectivity index (χ3v) is 6.51. The van der Waals surface area contributed by atoms with Crippen LogP contribution in [-0.2, 0) is 17.8 Å². The van der Waals surface area contributed by atoms with E-state index in [-0.39, 0.29) is 5.75 Å². The number of hydrogen-bond acceptors (Lipinski definition) is 7. The second-order valence-corrected chi connectivity index (χ2v) is 8.81. The Balaban J connectivity index is 1.44. The van der Waals surface area contributed by atoms with Gasteiger partial charge in [0.05, 0.1) is 25.1 Å². The maximum Gasteiger partial charge on any atom is 0.387 e. The van der Waals surface area contributed by atoms with E-state index in [1.54, 1.807) is 35.6 Å². The van der Waals surface area contributed by atoms with Gasteiger partial charge in [0.25, 0.3) is 0 Å². The highest BCUT2D eigenvalue weighted by molar-refractivity contribution is 7.17. The molecule has 1 aliphatic heterocycles. The molecule has 0 bridgehead atoms. The number of alkyl halides is 2. The van der Waals surface area contributed by atoms with E-state index in [1.165, 1.54) is 0 Å². The Labute approximate surface area is 200 Å². The Hall–Kier alpha value is -3.14. The first-order valence-corrected chi connectivity index (χ1v) is 11.9. The first-order valence-electron chi connectivity index (χ1n) is 11.1. The predicted molar refractivity (Wildman–Crippen MR) is 129 cm³/mol. The zero-order valence-corrected chi connectivity index (χ0v) is 19.2. The Morgan fingerprint density at radius 1 is 1.03 bits per heavy atom. The molecule has 0 saturated carbocycles. The quantitative estimate of drug-likeness (QED) is 0.363. The van der Waals surface area contributed by atoms with Crippen LogP contribution >= 0.6 is 11.3 Å². The molecule has 0 amide bonds. The van der Waals surface area contributed by atoms with Crippen molar-refractivity contribution in [1.29, 1.82) is 0 Å². The summed E-state index contributed by atoms with van der Waals surface area (Å²) in [6.45, 7) is 1.46. The third-order valence-electron chi connectivity index (χ3n) is 5.64. The minimum absolute atomic E-state index is 0.139. The lowest BCUT2D eigenvalue weighted by Crippen LogP contribution is -2.36. The molecule has 5 rings (SSSR count). The zero-order chi connectivity index (χ0) is 23.3. The Morgan fingerprint density at radius 3 is 2.53 bits per heavy atom. The number of morpholine rings is 1. The maximum absolute atomic E-state index is 12.4. The third kappa shape index (κ3) is 5.32. The monoisotopic (exact) mass is 482 g/mol. The summed E-state index contributed by atoms with van der Waals surface area (Å²) in [6, 6.07) is 16.8. The van der Waals surface area contributed by atoms with Crippen LogP contribution in [0, 0.1) is 0 Å². The molecule has 2 aromatic carbocycles. The summed E-state index contributed by atoms with van der Waals surface area (Å²) in [7, 11) is 0. The van der Waals surface area contributed by atoms with Gasteiger partial charge in [-0.05, 0) is 23.3 Å². The number of aromatic nitrogens is 2. The summed E-state index contributed by atoms with van der Waals surface area (Å²) in [4.78, 5) is 13.0. The fourth-order valence-electron chi connectivity index (χ4n) is 3.95. The van der Waals surface area contributed by atoms with Crippen LogP contribution in [0.3, 0.4) is 0 Å². The summed E-state index contributed by atoms with van der Waals surface area (Å²) in [6.07, 6.45) is 0. The van der Waals surface area contributed by atoms with Gasteiger partial charge >= 0.3 is 6.61 Å². The average molecular weight is 483 g/mol. The topological polar surface area (TPSA) is 59.5 Å². The van der Waals surface area contributed by atoms with E-state index < -0.39 is 6.61 Å². The van der Waals surface area contributed by atoms with Gasteiger partial charge in [-0.25, -0.2) is 9.97 Å². The van der Waals surface area contributed by atoms with E-state index in [4.69, 9.17) is 14.7 Å². The number of hydrogen-bond donors (Lipinski definition) is 1. The second-order valence-electron chi connectivity index (χ2n) is 7.95. The predicted octanol–water partition coefficient (Wildman–Crippen LogP) is 5.40. The molecule has 176 valence electrons. The van der Waals surface area contributed by atoms with Crippen molar-refractivity contribution >= 4 is 27.4 Å². The molecule has 0 spiro atoms. The summed E-state index contributed by atoms with van der Waals surface area (Å²) >= 11 is 1.61. The molecule has 2 aromatic heterocycles. The van der Waals surface area contributed by atoms with Gasteiger partial charge in [-0.1, -0.05) is 42.5 Å². The lowest BCUT2D eigenvalue weighted by molar-refractivity contribution is -0.0498. The molecule has 0 unspecified atom stereocenters. The molecule has 0 aliphatic carbocycles. The normalized spacial score (nSPS) is 14.6. The van der Waals surface area contributed by atoms with Gasteiger partial charge in [-0.2, -0.15) is 8.78 Å². The average Bonchev–Trinajstić information content (AvgIpc) is 3.28. The van der Waals surface area contributed by atoms with Crippen LogP contribution in [0.25, 0.3) is 21.3 Å². The van der Waals surface area contributed by atoms with Crippen molar-refractivity contribution in [2.24, 2.45) is 0 Å². The molecule has 1 aliphatic rings. The standard InChI is InChI=1S/C25H24F2N4O2S/c26-25(27)33-19-8-6-17(7-9-19)14-28-23-22-20(18-4-2-1-3-5-18)16-34-24(22)30-21(29-23)15-31-10-12-32-13-11-31/h1-9,16,25H,10-15H2,(H,28,29,30). The minimum Gasteiger partial charge on any atom is -0.435 e. The summed E-state index contributed by atoms with van der Waals surface area (Å²) in [5, 5.41) is 6.57. The maximum atomic E-state index is 12.4. The van der Waals surface area contributed by atoms with Crippen molar-refractivity contribution in [2.45, 2.75) is 19.7 Å². The lowest BCUT2D eigenvalue weighted by Gasteiger charge is -2.25. The number of halogens is 2. The number of rotatable bonds is 8. The molecule has 3 heterocycles. The largest absolute Gasteiger partial charge is 0.435 e. The first-order chi connectivity index (χ1) is 16.7. The summed E-state index contributed by atoms with van der Waals surface area (Å²) < 4.78 is 34.8. The number of ether oxygens (including phenoxy) is 2. The number of thiophene rings is 1. The Bertz CT molecular complexity index is 1230. The van der Waals surface area contributed by atoms with Crippen molar-refractivity contribution in [1.82, 2.24) is 14.9 Å². The first kappa shape index (κ1) is 22.6. The van der Waals surface area contributed by atoms with E-state index in [2.05, 4.69) is 32.5 Å². The fraction of sp³-hybridized carbons (Fsp3) is 0.280. The van der Waals surface area contributed by atoms with E-state index in [0.717, 1.165) is 64.9 Å². The van der Waals surface area contributed by atoms with Gasteiger partial charge < -0.3 is 14.8 Å². The molecular formula is C25H24F2N4O2S. The molecule has 6 nitrogen and oxygen atoms in total. The minimum atomic E-state index is -2.84. The molecule has 1 saturated heterocycles. The van der Waals surface area contributed by atoms with Crippen molar-refractivity contribution in [2.75, 3.05) is 31.6 Å². The van der Waals surface area contributed by atoms with E-state index in [0.29, 0.717) is 13.1 Å². The molecular weight excluding hydrogens is 458 g/mol. The lowest BCUT2D eigenvalue weighted by atomic mass is 10.1. The molecule has 1 fully saturated rings.